The maximum Gasteiger partial charge on any atom is 0.270 e. The summed E-state index contributed by atoms with van der Waals surface area (Å²) in [6.45, 7) is 3.71. The molecule has 1 aliphatic rings. The summed E-state index contributed by atoms with van der Waals surface area (Å²) >= 11 is 3.38. The molecule has 1 fully saturated rings. The van der Waals surface area contributed by atoms with Crippen LogP contribution in [0.25, 0.3) is 10.9 Å². The Bertz CT molecular complexity index is 1140. The molecule has 4 N–H and O–H groups in total. The number of rotatable bonds is 10. The van der Waals surface area contributed by atoms with Gasteiger partial charge in [-0.1, -0.05) is 41.9 Å². The van der Waals surface area contributed by atoms with Gasteiger partial charge in [0.2, 0.25) is 17.7 Å². The molecule has 3 rings (SSSR count). The van der Waals surface area contributed by atoms with E-state index in [1.807, 2.05) is 12.1 Å². The fourth-order valence-electron chi connectivity index (χ4n) is 3.83. The first-order valence-electron chi connectivity index (χ1n) is 11.3. The molecule has 3 atom stereocenters. The molecule has 1 aromatic heterocycles. The third-order valence-electron chi connectivity index (χ3n) is 5.76. The molecule has 186 valence electrons. The minimum absolute atomic E-state index is 0.136. The molecule has 1 aromatic carbocycles. The highest BCUT2D eigenvalue weighted by atomic mass is 79.9. The van der Waals surface area contributed by atoms with E-state index in [0.717, 1.165) is 9.86 Å². The Morgan fingerprint density at radius 2 is 1.94 bits per heavy atom. The normalized spacial score (nSPS) is 16.9. The van der Waals surface area contributed by atoms with E-state index in [9.17, 15) is 24.0 Å². The number of nitrogens with one attached hydrogen (secondary N) is 4. The van der Waals surface area contributed by atoms with Gasteiger partial charge in [-0.25, -0.2) is 4.98 Å². The molecule has 0 bridgehead atoms. The number of hydrogen-bond donors (Lipinski definition) is 4. The lowest BCUT2D eigenvalue weighted by atomic mass is 9.99. The van der Waals surface area contributed by atoms with Crippen molar-refractivity contribution in [3.63, 3.8) is 0 Å². The van der Waals surface area contributed by atoms with Crippen molar-refractivity contribution in [3.8, 4) is 0 Å². The number of carbonyl (C=O) groups is 5. The molecule has 10 nitrogen and oxygen atoms in total. The van der Waals surface area contributed by atoms with E-state index in [4.69, 9.17) is 0 Å². The van der Waals surface area contributed by atoms with Crippen LogP contribution in [-0.4, -0.2) is 60.1 Å². The molecule has 1 saturated heterocycles. The number of benzene rings is 1. The molecular weight excluding hydrogens is 518 g/mol. The molecule has 1 aliphatic heterocycles. The number of fused-ring (bicyclic) bond motifs is 1. The number of halogens is 1. The summed E-state index contributed by atoms with van der Waals surface area (Å²) in [6.07, 6.45) is 1.39. The van der Waals surface area contributed by atoms with Crippen molar-refractivity contribution in [2.24, 2.45) is 11.8 Å². The average Bonchev–Trinajstić information content (AvgIpc) is 3.23. The first kappa shape index (κ1) is 26.3. The minimum Gasteiger partial charge on any atom is -0.356 e. The van der Waals surface area contributed by atoms with Crippen LogP contribution in [0.2, 0.25) is 0 Å². The van der Waals surface area contributed by atoms with Crippen molar-refractivity contribution < 1.29 is 24.0 Å². The molecule has 2 heterocycles. The van der Waals surface area contributed by atoms with Crippen molar-refractivity contribution in [1.82, 2.24) is 26.3 Å². The summed E-state index contributed by atoms with van der Waals surface area (Å²) in [5.41, 5.74) is 0.797. The molecule has 0 aliphatic carbocycles. The Hall–Kier alpha value is -3.34. The highest BCUT2D eigenvalue weighted by Crippen LogP contribution is 2.19. The number of hydrogen-bond acceptors (Lipinski definition) is 6. The Morgan fingerprint density at radius 3 is 2.60 bits per heavy atom. The first-order chi connectivity index (χ1) is 16.7. The zero-order chi connectivity index (χ0) is 25.5. The van der Waals surface area contributed by atoms with Gasteiger partial charge in [-0.15, -0.1) is 0 Å². The van der Waals surface area contributed by atoms with E-state index in [2.05, 4.69) is 42.2 Å². The Labute approximate surface area is 211 Å². The van der Waals surface area contributed by atoms with E-state index in [1.165, 1.54) is 0 Å². The highest BCUT2D eigenvalue weighted by Gasteiger charge is 2.29. The maximum absolute atomic E-state index is 12.8. The van der Waals surface area contributed by atoms with Crippen LogP contribution in [0, 0.1) is 11.8 Å². The Morgan fingerprint density at radius 1 is 1.20 bits per heavy atom. The lowest BCUT2D eigenvalue weighted by molar-refractivity contribution is -0.128. The predicted molar refractivity (Wildman–Crippen MR) is 132 cm³/mol. The number of aromatic nitrogens is 1. The van der Waals surface area contributed by atoms with Gasteiger partial charge in [0.25, 0.3) is 5.91 Å². The third-order valence-corrected chi connectivity index (χ3v) is 6.25. The van der Waals surface area contributed by atoms with Gasteiger partial charge in [0, 0.05) is 22.3 Å². The zero-order valence-corrected chi connectivity index (χ0v) is 21.1. The van der Waals surface area contributed by atoms with Crippen molar-refractivity contribution in [2.75, 3.05) is 13.1 Å². The number of pyridine rings is 1. The smallest absolute Gasteiger partial charge is 0.270 e. The Kier molecular flexibility index (Phi) is 8.91. The number of carbonyl (C=O) groups excluding carboxylic acids is 5. The molecule has 3 unspecified atom stereocenters. The van der Waals surface area contributed by atoms with E-state index < -0.39 is 29.8 Å². The largest absolute Gasteiger partial charge is 0.356 e. The lowest BCUT2D eigenvalue weighted by Gasteiger charge is -2.22. The van der Waals surface area contributed by atoms with E-state index in [0.29, 0.717) is 24.8 Å². The topological polar surface area (TPSA) is 146 Å². The van der Waals surface area contributed by atoms with Gasteiger partial charge in [0.15, 0.2) is 0 Å². The fraction of sp³-hybridized carbons (Fsp3) is 0.417. The fourth-order valence-corrected chi connectivity index (χ4v) is 4.18. The summed E-state index contributed by atoms with van der Waals surface area (Å²) in [4.78, 5) is 65.2. The number of nitrogens with zero attached hydrogens (tertiary/aromatic N) is 1. The van der Waals surface area contributed by atoms with Gasteiger partial charge in [-0.2, -0.15) is 0 Å². The maximum atomic E-state index is 12.8. The van der Waals surface area contributed by atoms with Gasteiger partial charge >= 0.3 is 0 Å². The SMILES string of the molecule is CC(C)C(NC(=O)c1ccc2ccc(Br)cc2n1)C(=O)NCC(=O)NC(C=O)CC1CCNC1=O. The average molecular weight is 546 g/mol. The quantitative estimate of drug-likeness (QED) is 0.328. The molecule has 35 heavy (non-hydrogen) atoms. The van der Waals surface area contributed by atoms with Crippen LogP contribution in [0.1, 0.15) is 37.2 Å². The lowest BCUT2D eigenvalue weighted by Crippen LogP contribution is -2.52. The van der Waals surface area contributed by atoms with E-state index in [-0.39, 0.29) is 36.4 Å². The molecule has 0 saturated carbocycles. The van der Waals surface area contributed by atoms with Crippen LogP contribution in [0.5, 0.6) is 0 Å². The monoisotopic (exact) mass is 545 g/mol. The molecular formula is C24H28BrN5O5. The summed E-state index contributed by atoms with van der Waals surface area (Å²) in [5, 5.41) is 11.3. The third kappa shape index (κ3) is 7.08. The van der Waals surface area contributed by atoms with Crippen LogP contribution in [0.3, 0.4) is 0 Å². The van der Waals surface area contributed by atoms with Crippen LogP contribution in [0.4, 0.5) is 0 Å². The van der Waals surface area contributed by atoms with Crippen LogP contribution < -0.4 is 21.3 Å². The van der Waals surface area contributed by atoms with Gasteiger partial charge in [-0.05, 0) is 37.0 Å². The zero-order valence-electron chi connectivity index (χ0n) is 19.5. The number of amides is 4. The van der Waals surface area contributed by atoms with E-state index >= 15 is 0 Å². The van der Waals surface area contributed by atoms with Crippen molar-refractivity contribution in [1.29, 1.82) is 0 Å². The first-order valence-corrected chi connectivity index (χ1v) is 12.1. The van der Waals surface area contributed by atoms with Gasteiger partial charge in [-0.3, -0.25) is 19.2 Å². The summed E-state index contributed by atoms with van der Waals surface area (Å²) in [6, 6.07) is 7.18. The molecule has 0 spiro atoms. The molecule has 4 amide bonds. The summed E-state index contributed by atoms with van der Waals surface area (Å²) in [5.74, 6) is -2.34. The second-order valence-corrected chi connectivity index (χ2v) is 9.68. The van der Waals surface area contributed by atoms with Crippen molar-refractivity contribution in [2.45, 2.75) is 38.8 Å². The second kappa shape index (κ2) is 11.9. The van der Waals surface area contributed by atoms with Crippen LogP contribution in [0.15, 0.2) is 34.8 Å². The minimum atomic E-state index is -0.903. The molecule has 11 heteroatoms. The highest BCUT2D eigenvalue weighted by molar-refractivity contribution is 9.10. The predicted octanol–water partition coefficient (Wildman–Crippen LogP) is 1.08. The van der Waals surface area contributed by atoms with Gasteiger partial charge < -0.3 is 26.1 Å². The van der Waals surface area contributed by atoms with Crippen LogP contribution in [-0.2, 0) is 19.2 Å². The van der Waals surface area contributed by atoms with Gasteiger partial charge in [0.1, 0.15) is 18.0 Å². The number of aldehydes is 1. The van der Waals surface area contributed by atoms with Crippen molar-refractivity contribution in [3.05, 3.63) is 40.5 Å². The van der Waals surface area contributed by atoms with E-state index in [1.54, 1.807) is 32.0 Å². The molecule has 0 radical (unpaired) electrons. The standard InChI is InChI=1S/C24H28BrN5O5/c1-13(2)21(30-23(34)18-6-4-14-3-5-16(25)10-19(14)29-18)24(35)27-11-20(32)28-17(12-31)9-15-7-8-26-22(15)33/h3-6,10,12-13,15,17,21H,7-9,11H2,1-2H3,(H,26,33)(H,27,35)(H,28,32)(H,30,34). The van der Waals surface area contributed by atoms with Gasteiger partial charge in [0.05, 0.1) is 18.1 Å². The summed E-state index contributed by atoms with van der Waals surface area (Å²) in [7, 11) is 0. The second-order valence-electron chi connectivity index (χ2n) is 8.77. The van der Waals surface area contributed by atoms with Crippen molar-refractivity contribution >= 4 is 56.7 Å². The molecule has 2 aromatic rings. The van der Waals surface area contributed by atoms with Crippen LogP contribution >= 0.6 is 15.9 Å². The Balaban J connectivity index is 1.56. The summed E-state index contributed by atoms with van der Waals surface area (Å²) < 4.78 is 0.830.